The lowest BCUT2D eigenvalue weighted by atomic mass is 9.66. The SMILES string of the molecule is c1ccc(-c2ccc(N(c3ccc(-c4ccc5c(c4)-c4ccccc4C54c5ccccc5-c5ccccc5-c5ccccc54)cc3)c3ccc4c(c3)c3ccccc3n4-c3ccccc3)cc2)cc1. The quantitative estimate of drug-likeness (QED) is 0.162. The average Bonchev–Trinajstić information content (AvgIpc) is 3.88. The highest BCUT2D eigenvalue weighted by atomic mass is 15.1. The number of para-hydroxylation sites is 2. The Balaban J connectivity index is 0.909. The molecule has 0 N–H and O–H groups in total. The highest BCUT2D eigenvalue weighted by Gasteiger charge is 2.49. The number of hydrogen-bond acceptors (Lipinski definition) is 1. The molecular formula is C67H44N2. The summed E-state index contributed by atoms with van der Waals surface area (Å²) in [7, 11) is 0. The summed E-state index contributed by atoms with van der Waals surface area (Å²) in [5.74, 6) is 0. The third-order valence-corrected chi connectivity index (χ3v) is 14.8. The summed E-state index contributed by atoms with van der Waals surface area (Å²) in [6.07, 6.45) is 0. The van der Waals surface area contributed by atoms with Gasteiger partial charge in [0.1, 0.15) is 0 Å². The second kappa shape index (κ2) is 15.6. The van der Waals surface area contributed by atoms with Crippen LogP contribution in [-0.2, 0) is 5.41 Å². The molecule has 0 bridgehead atoms. The largest absolute Gasteiger partial charge is 0.310 e. The smallest absolute Gasteiger partial charge is 0.0725 e. The minimum atomic E-state index is -0.494. The van der Waals surface area contributed by atoms with Crippen LogP contribution in [0.25, 0.3) is 83.1 Å². The van der Waals surface area contributed by atoms with E-state index in [-0.39, 0.29) is 0 Å². The van der Waals surface area contributed by atoms with Gasteiger partial charge < -0.3 is 9.47 Å². The molecule has 0 radical (unpaired) electrons. The van der Waals surface area contributed by atoms with Gasteiger partial charge in [0.05, 0.1) is 16.4 Å². The Morgan fingerprint density at radius 2 is 0.681 bits per heavy atom. The Bertz CT molecular complexity index is 3870. The Hall–Kier alpha value is -8.98. The number of rotatable bonds is 6. The molecule has 2 nitrogen and oxygen atoms in total. The molecule has 0 atom stereocenters. The minimum absolute atomic E-state index is 0.494. The second-order valence-electron chi connectivity index (χ2n) is 18.4. The first-order valence-electron chi connectivity index (χ1n) is 23.9. The third-order valence-electron chi connectivity index (χ3n) is 14.8. The zero-order valence-electron chi connectivity index (χ0n) is 37.8. The maximum atomic E-state index is 2.44. The van der Waals surface area contributed by atoms with E-state index in [9.17, 15) is 0 Å². The van der Waals surface area contributed by atoms with Crippen molar-refractivity contribution in [3.63, 3.8) is 0 Å². The summed E-state index contributed by atoms with van der Waals surface area (Å²) in [4.78, 5) is 2.40. The zero-order chi connectivity index (χ0) is 45.5. The first-order valence-corrected chi connectivity index (χ1v) is 23.9. The Morgan fingerprint density at radius 3 is 1.29 bits per heavy atom. The Kier molecular flexibility index (Phi) is 8.84. The Labute approximate surface area is 402 Å². The van der Waals surface area contributed by atoms with Crippen LogP contribution in [0.2, 0.25) is 0 Å². The monoisotopic (exact) mass is 876 g/mol. The van der Waals surface area contributed by atoms with Crippen molar-refractivity contribution >= 4 is 38.9 Å². The molecule has 0 saturated carbocycles. The summed E-state index contributed by atoms with van der Waals surface area (Å²) in [5, 5.41) is 2.45. The lowest BCUT2D eigenvalue weighted by Gasteiger charge is -2.35. The molecule has 69 heavy (non-hydrogen) atoms. The van der Waals surface area contributed by atoms with Gasteiger partial charge in [-0.25, -0.2) is 0 Å². The van der Waals surface area contributed by atoms with Crippen molar-refractivity contribution in [3.05, 3.63) is 289 Å². The molecule has 2 aliphatic carbocycles. The summed E-state index contributed by atoms with van der Waals surface area (Å²) >= 11 is 0. The standard InChI is InChI=1S/C67H44N2/c1-3-17-45(18-4-1)46-31-36-50(37-32-46)68(52-40-42-66-60(44-52)58-26-12-16-30-65(58)69(66)49-19-5-2-6-20-49)51-38-33-47(34-39-51)48-35-41-64-59(43-48)57-25-11-15-29-63(57)67(64)61-27-13-9-23-55(61)53-21-7-8-22-54(53)56-24-10-14-28-62(56)67/h1-44H. The molecule has 2 heteroatoms. The minimum Gasteiger partial charge on any atom is -0.310 e. The van der Waals surface area contributed by atoms with Gasteiger partial charge in [-0.2, -0.15) is 0 Å². The molecule has 1 aromatic heterocycles. The van der Waals surface area contributed by atoms with Crippen LogP contribution in [0.5, 0.6) is 0 Å². The van der Waals surface area contributed by atoms with Gasteiger partial charge in [0.15, 0.2) is 0 Å². The van der Waals surface area contributed by atoms with Gasteiger partial charge in [0, 0.05) is 33.5 Å². The highest BCUT2D eigenvalue weighted by Crippen LogP contribution is 2.61. The van der Waals surface area contributed by atoms with Crippen molar-refractivity contribution in [3.8, 4) is 61.3 Å². The van der Waals surface area contributed by atoms with Crippen LogP contribution < -0.4 is 4.90 Å². The first kappa shape index (κ1) is 39.2. The molecule has 0 saturated heterocycles. The number of nitrogens with zero attached hydrogens (tertiary/aromatic N) is 2. The van der Waals surface area contributed by atoms with Gasteiger partial charge in [-0.3, -0.25) is 0 Å². The third kappa shape index (κ3) is 5.92. The van der Waals surface area contributed by atoms with Crippen molar-refractivity contribution < 1.29 is 0 Å². The van der Waals surface area contributed by atoms with Gasteiger partial charge in [0.25, 0.3) is 0 Å². The van der Waals surface area contributed by atoms with E-state index in [2.05, 4.69) is 276 Å². The number of fused-ring (bicyclic) bond motifs is 15. The molecule has 1 spiro atoms. The molecule has 11 aromatic carbocycles. The predicted octanol–water partition coefficient (Wildman–Crippen LogP) is 17.6. The number of anilines is 3. The van der Waals surface area contributed by atoms with Gasteiger partial charge in [-0.15, -0.1) is 0 Å². The topological polar surface area (TPSA) is 8.17 Å². The fourth-order valence-corrected chi connectivity index (χ4v) is 11.9. The predicted molar refractivity (Wildman–Crippen MR) is 288 cm³/mol. The lowest BCUT2D eigenvalue weighted by Crippen LogP contribution is -2.29. The van der Waals surface area contributed by atoms with Crippen molar-refractivity contribution in [2.75, 3.05) is 4.90 Å². The van der Waals surface area contributed by atoms with Gasteiger partial charge in [0.2, 0.25) is 0 Å². The number of benzene rings is 11. The van der Waals surface area contributed by atoms with Crippen LogP contribution in [0.4, 0.5) is 17.1 Å². The summed E-state index contributed by atoms with van der Waals surface area (Å²) in [6, 6.07) is 98.6. The lowest BCUT2D eigenvalue weighted by molar-refractivity contribution is 0.775. The van der Waals surface area contributed by atoms with Crippen molar-refractivity contribution in [1.29, 1.82) is 0 Å². The molecule has 322 valence electrons. The number of hydrogen-bond donors (Lipinski definition) is 0. The van der Waals surface area contributed by atoms with E-state index in [4.69, 9.17) is 0 Å². The molecule has 12 aromatic rings. The highest BCUT2D eigenvalue weighted by molar-refractivity contribution is 6.11. The van der Waals surface area contributed by atoms with Crippen LogP contribution >= 0.6 is 0 Å². The van der Waals surface area contributed by atoms with E-state index >= 15 is 0 Å². The maximum absolute atomic E-state index is 2.44. The molecule has 14 rings (SSSR count). The number of aromatic nitrogens is 1. The van der Waals surface area contributed by atoms with E-state index in [1.54, 1.807) is 0 Å². The van der Waals surface area contributed by atoms with Crippen molar-refractivity contribution in [2.24, 2.45) is 0 Å². The summed E-state index contributed by atoms with van der Waals surface area (Å²) < 4.78 is 2.38. The van der Waals surface area contributed by atoms with E-state index in [0.717, 1.165) is 22.7 Å². The van der Waals surface area contributed by atoms with Crippen LogP contribution in [-0.4, -0.2) is 4.57 Å². The average molecular weight is 877 g/mol. The molecule has 0 unspecified atom stereocenters. The fraction of sp³-hybridized carbons (Fsp3) is 0.0149. The van der Waals surface area contributed by atoms with Crippen LogP contribution in [0.3, 0.4) is 0 Å². The summed E-state index contributed by atoms with van der Waals surface area (Å²) in [6.45, 7) is 0. The fourth-order valence-electron chi connectivity index (χ4n) is 11.9. The van der Waals surface area contributed by atoms with E-state index in [1.165, 1.54) is 99.7 Å². The van der Waals surface area contributed by atoms with E-state index in [0.29, 0.717) is 0 Å². The molecule has 1 heterocycles. The molecule has 2 aliphatic rings. The zero-order valence-corrected chi connectivity index (χ0v) is 37.8. The first-order chi connectivity index (χ1) is 34.2. The van der Waals surface area contributed by atoms with Gasteiger partial charge >= 0.3 is 0 Å². The summed E-state index contributed by atoms with van der Waals surface area (Å²) in [5.41, 5.74) is 24.1. The van der Waals surface area contributed by atoms with Crippen molar-refractivity contribution in [2.45, 2.75) is 5.41 Å². The van der Waals surface area contributed by atoms with Gasteiger partial charge in [-0.05, 0) is 145 Å². The Morgan fingerprint density at radius 1 is 0.261 bits per heavy atom. The van der Waals surface area contributed by atoms with Crippen LogP contribution in [0, 0.1) is 0 Å². The van der Waals surface area contributed by atoms with Gasteiger partial charge in [-0.1, -0.05) is 200 Å². The van der Waals surface area contributed by atoms with E-state index < -0.39 is 5.41 Å². The molecule has 0 fully saturated rings. The maximum Gasteiger partial charge on any atom is 0.0725 e. The van der Waals surface area contributed by atoms with E-state index in [1.807, 2.05) is 0 Å². The van der Waals surface area contributed by atoms with Crippen LogP contribution in [0.15, 0.2) is 267 Å². The van der Waals surface area contributed by atoms with Crippen molar-refractivity contribution in [1.82, 2.24) is 4.57 Å². The molecule has 0 amide bonds. The normalized spacial score (nSPS) is 12.8. The van der Waals surface area contributed by atoms with Crippen LogP contribution in [0.1, 0.15) is 22.3 Å². The molecular weight excluding hydrogens is 833 g/mol. The molecule has 0 aliphatic heterocycles. The second-order valence-corrected chi connectivity index (χ2v) is 18.4.